The van der Waals surface area contributed by atoms with E-state index in [-0.39, 0.29) is 0 Å². The molecule has 2 N–H and O–H groups in total. The van der Waals surface area contributed by atoms with Gasteiger partial charge in [0.15, 0.2) is 0 Å². The van der Waals surface area contributed by atoms with E-state index in [4.69, 9.17) is 5.11 Å². The zero-order valence-electron chi connectivity index (χ0n) is 4.37. The number of thioether (sulfide) groups is 1. The van der Waals surface area contributed by atoms with Gasteiger partial charge in [-0.15, -0.1) is 12.6 Å². The molecule has 1 heterocycles. The molecule has 5 heteroatoms. The van der Waals surface area contributed by atoms with Crippen LogP contribution < -0.4 is 5.32 Å². The van der Waals surface area contributed by atoms with Crippen molar-refractivity contribution in [2.75, 3.05) is 0 Å². The van der Waals surface area contributed by atoms with E-state index < -0.39 is 10.2 Å². The molecule has 3 nitrogen and oxygen atoms in total. The van der Waals surface area contributed by atoms with Crippen molar-refractivity contribution in [2.45, 2.75) is 4.20 Å². The van der Waals surface area contributed by atoms with Crippen molar-refractivity contribution in [1.82, 2.24) is 5.32 Å². The fourth-order valence-corrected chi connectivity index (χ4v) is 1.25. The number of carboxylic acids is 1. The molecule has 0 bridgehead atoms. The third kappa shape index (κ3) is 1.16. The van der Waals surface area contributed by atoms with Gasteiger partial charge < -0.3 is 10.4 Å². The topological polar surface area (TPSA) is 49.3 Å². The molecule has 1 unspecified atom stereocenters. The van der Waals surface area contributed by atoms with Gasteiger partial charge in [-0.1, -0.05) is 11.8 Å². The summed E-state index contributed by atoms with van der Waals surface area (Å²) in [6.45, 7) is 0. The maximum absolute atomic E-state index is 10.3. The number of hydrogen-bond donors (Lipinski definition) is 3. The molecule has 1 rings (SSSR count). The van der Waals surface area contributed by atoms with Crippen LogP contribution in [-0.2, 0) is 4.79 Å². The largest absolute Gasteiger partial charge is 0.478 e. The molecule has 0 saturated carbocycles. The van der Waals surface area contributed by atoms with E-state index in [9.17, 15) is 4.79 Å². The third-order valence-corrected chi connectivity index (χ3v) is 2.42. The molecular weight excluding hydrogens is 158 g/mol. The van der Waals surface area contributed by atoms with Crippen LogP contribution in [0.5, 0.6) is 0 Å². The molecule has 0 aromatic carbocycles. The molecule has 9 heavy (non-hydrogen) atoms. The second-order valence-corrected chi connectivity index (χ2v) is 3.61. The first-order valence-electron chi connectivity index (χ1n) is 2.21. The van der Waals surface area contributed by atoms with E-state index in [0.29, 0.717) is 0 Å². The Balaban J connectivity index is 2.66. The van der Waals surface area contributed by atoms with Crippen LogP contribution in [0.1, 0.15) is 0 Å². The number of hydrogen-bond acceptors (Lipinski definition) is 4. The number of thiol groups is 1. The summed E-state index contributed by atoms with van der Waals surface area (Å²) >= 11 is 4.99. The van der Waals surface area contributed by atoms with E-state index in [1.165, 1.54) is 0 Å². The van der Waals surface area contributed by atoms with E-state index >= 15 is 0 Å². The van der Waals surface area contributed by atoms with Crippen LogP contribution in [0, 0.1) is 0 Å². The first kappa shape index (κ1) is 6.82. The van der Waals surface area contributed by atoms with Crippen LogP contribution in [0.2, 0.25) is 0 Å². The Morgan fingerprint density at radius 3 is 2.78 bits per heavy atom. The Kier molecular flexibility index (Phi) is 1.63. The lowest BCUT2D eigenvalue weighted by Gasteiger charge is -2.15. The normalized spacial score (nSPS) is 32.1. The zero-order valence-corrected chi connectivity index (χ0v) is 6.08. The van der Waals surface area contributed by atoms with Crippen LogP contribution in [0.25, 0.3) is 0 Å². The Morgan fingerprint density at radius 2 is 2.56 bits per heavy atom. The highest BCUT2D eigenvalue weighted by Crippen LogP contribution is 2.31. The molecule has 0 aliphatic carbocycles. The summed E-state index contributed by atoms with van der Waals surface area (Å²) in [7, 11) is 0. The average molecular weight is 163 g/mol. The Bertz CT molecular complexity index is 160. The van der Waals surface area contributed by atoms with Crippen molar-refractivity contribution in [3.8, 4) is 0 Å². The smallest absolute Gasteiger partial charge is 0.351 e. The van der Waals surface area contributed by atoms with Crippen LogP contribution >= 0.6 is 24.4 Å². The summed E-state index contributed by atoms with van der Waals surface area (Å²) in [5, 5.41) is 12.7. The fraction of sp³-hybridized carbons (Fsp3) is 0.250. The number of carboxylic acid groups (broad SMARTS) is 1. The molecule has 1 atom stereocenters. The molecule has 0 fully saturated rings. The second-order valence-electron chi connectivity index (χ2n) is 1.51. The Morgan fingerprint density at radius 1 is 1.89 bits per heavy atom. The third-order valence-electron chi connectivity index (χ3n) is 0.876. The number of aliphatic carboxylic acids is 1. The minimum Gasteiger partial charge on any atom is -0.478 e. The lowest BCUT2D eigenvalue weighted by atomic mass is 10.6. The minimum absolute atomic E-state index is 0.971. The molecule has 0 aromatic heterocycles. The van der Waals surface area contributed by atoms with Gasteiger partial charge in [0.1, 0.15) is 0 Å². The molecule has 0 spiro atoms. The Hall–Kier alpha value is -0.290. The van der Waals surface area contributed by atoms with Crippen LogP contribution in [-0.4, -0.2) is 15.3 Å². The summed E-state index contributed by atoms with van der Waals surface area (Å²) < 4.78 is -1.14. The molecule has 0 aromatic rings. The number of nitrogens with one attached hydrogen (secondary N) is 1. The summed E-state index contributed by atoms with van der Waals surface area (Å²) in [6.07, 6.45) is 1.56. The van der Waals surface area contributed by atoms with Gasteiger partial charge in [-0.25, -0.2) is 4.79 Å². The molecule has 0 saturated heterocycles. The lowest BCUT2D eigenvalue weighted by molar-refractivity contribution is -0.137. The van der Waals surface area contributed by atoms with Crippen molar-refractivity contribution in [3.05, 3.63) is 11.6 Å². The van der Waals surface area contributed by atoms with Crippen LogP contribution in [0.15, 0.2) is 11.6 Å². The molecule has 50 valence electrons. The van der Waals surface area contributed by atoms with E-state index in [2.05, 4.69) is 17.9 Å². The first-order valence-corrected chi connectivity index (χ1v) is 3.54. The molecular formula is C4H5NO2S2. The fourth-order valence-electron chi connectivity index (χ4n) is 0.426. The average Bonchev–Trinajstić information content (AvgIpc) is 2.16. The van der Waals surface area contributed by atoms with Gasteiger partial charge in [0.25, 0.3) is 0 Å². The van der Waals surface area contributed by atoms with E-state index in [1.54, 1.807) is 11.6 Å². The zero-order chi connectivity index (χ0) is 6.91. The highest BCUT2D eigenvalue weighted by atomic mass is 32.2. The standard InChI is InChI=1S/C4H5NO2S2/c6-3(7)4(8)5-1-2-9-4/h1-2,5,8H,(H,6,7). The van der Waals surface area contributed by atoms with Crippen LogP contribution in [0.4, 0.5) is 0 Å². The highest BCUT2D eigenvalue weighted by Gasteiger charge is 2.35. The lowest BCUT2D eigenvalue weighted by Crippen LogP contribution is -2.38. The molecule has 1 aliphatic heterocycles. The van der Waals surface area contributed by atoms with Crippen LogP contribution in [0.3, 0.4) is 0 Å². The molecule has 0 radical (unpaired) electrons. The van der Waals surface area contributed by atoms with Crippen molar-refractivity contribution in [1.29, 1.82) is 0 Å². The maximum atomic E-state index is 10.3. The van der Waals surface area contributed by atoms with Gasteiger partial charge >= 0.3 is 5.97 Å². The van der Waals surface area contributed by atoms with E-state index in [0.717, 1.165) is 11.8 Å². The number of carbonyl (C=O) groups is 1. The highest BCUT2D eigenvalue weighted by molar-refractivity contribution is 8.14. The number of rotatable bonds is 1. The van der Waals surface area contributed by atoms with Crippen molar-refractivity contribution in [2.24, 2.45) is 0 Å². The van der Waals surface area contributed by atoms with Gasteiger partial charge in [-0.05, 0) is 5.41 Å². The van der Waals surface area contributed by atoms with Gasteiger partial charge in [-0.3, -0.25) is 0 Å². The van der Waals surface area contributed by atoms with Gasteiger partial charge in [-0.2, -0.15) is 0 Å². The van der Waals surface area contributed by atoms with Crippen molar-refractivity contribution in [3.63, 3.8) is 0 Å². The van der Waals surface area contributed by atoms with Crippen molar-refractivity contribution < 1.29 is 9.90 Å². The van der Waals surface area contributed by atoms with Gasteiger partial charge in [0, 0.05) is 6.20 Å². The predicted molar refractivity (Wildman–Crippen MR) is 39.2 cm³/mol. The predicted octanol–water partition coefficient (Wildman–Crippen LogP) is 0.462. The second kappa shape index (κ2) is 2.15. The SMILES string of the molecule is O=C(O)C1(S)NC=CS1. The summed E-state index contributed by atoms with van der Waals surface area (Å²) in [5.41, 5.74) is 0. The molecule has 1 aliphatic rings. The van der Waals surface area contributed by atoms with Gasteiger partial charge in [0.05, 0.1) is 0 Å². The quantitative estimate of drug-likeness (QED) is 0.492. The van der Waals surface area contributed by atoms with Crippen molar-refractivity contribution >= 4 is 30.4 Å². The molecule has 0 amide bonds. The monoisotopic (exact) mass is 163 g/mol. The van der Waals surface area contributed by atoms with Gasteiger partial charge in [0.2, 0.25) is 4.20 Å². The van der Waals surface area contributed by atoms with E-state index in [1.807, 2.05) is 0 Å². The summed E-state index contributed by atoms with van der Waals surface area (Å²) in [5.74, 6) is -0.971. The minimum atomic E-state index is -1.14. The Labute approximate surface area is 61.9 Å². The summed E-state index contributed by atoms with van der Waals surface area (Å²) in [4.78, 5) is 10.3. The maximum Gasteiger partial charge on any atom is 0.351 e. The first-order chi connectivity index (χ1) is 4.15. The summed E-state index contributed by atoms with van der Waals surface area (Å²) in [6, 6.07) is 0.